The van der Waals surface area contributed by atoms with E-state index in [9.17, 15) is 8.78 Å². The zero-order valence-electron chi connectivity index (χ0n) is 18.5. The van der Waals surface area contributed by atoms with E-state index in [-0.39, 0.29) is 28.5 Å². The van der Waals surface area contributed by atoms with Crippen LogP contribution in [0.25, 0.3) is 22.8 Å². The molecule has 1 fully saturated rings. The van der Waals surface area contributed by atoms with Gasteiger partial charge in [-0.25, -0.2) is 18.7 Å². The normalized spacial score (nSPS) is 22.2. The molecule has 172 valence electrons. The van der Waals surface area contributed by atoms with E-state index in [1.54, 1.807) is 18.5 Å². The predicted molar refractivity (Wildman–Crippen MR) is 121 cm³/mol. The monoisotopic (exact) mass is 479 g/mol. The Morgan fingerprint density at radius 1 is 1.09 bits per heavy atom. The Morgan fingerprint density at radius 3 is 2.62 bits per heavy atom. The summed E-state index contributed by atoms with van der Waals surface area (Å²) < 4.78 is 34.5. The third-order valence-electron chi connectivity index (χ3n) is 7.58. The number of alkyl halides is 1. The van der Waals surface area contributed by atoms with E-state index >= 15 is 0 Å². The van der Waals surface area contributed by atoms with Gasteiger partial charge in [0.25, 0.3) is 0 Å². The third-order valence-corrected chi connectivity index (χ3v) is 7.85. The Labute approximate surface area is 199 Å². The van der Waals surface area contributed by atoms with Crippen molar-refractivity contribution in [3.63, 3.8) is 0 Å². The standard InChI is InChI=1S/C25H20ClF2N5O/c1-24(2)15-6-7-25(24,20-11-29-10-19(31-20)23-30-13(9-26)12-34-23)22-14(15)8-18(32-33-22)21-16(27)4-3-5-17(21)28/h3-5,8,10-12,15H,6-7,9H2,1-2H3/t15-,25+/m0/s1. The molecule has 0 saturated heterocycles. The van der Waals surface area contributed by atoms with Crippen LogP contribution < -0.4 is 0 Å². The van der Waals surface area contributed by atoms with E-state index in [2.05, 4.69) is 34.0 Å². The van der Waals surface area contributed by atoms with Crippen molar-refractivity contribution in [1.29, 1.82) is 0 Å². The second-order valence-corrected chi connectivity index (χ2v) is 9.68. The summed E-state index contributed by atoms with van der Waals surface area (Å²) in [6.07, 6.45) is 6.57. The van der Waals surface area contributed by atoms with E-state index in [0.29, 0.717) is 17.3 Å². The summed E-state index contributed by atoms with van der Waals surface area (Å²) in [5.74, 6) is -0.590. The average Bonchev–Trinajstić information content (AvgIpc) is 3.47. The van der Waals surface area contributed by atoms with Gasteiger partial charge in [-0.3, -0.25) is 4.98 Å². The van der Waals surface area contributed by atoms with Crippen LogP contribution in [0.3, 0.4) is 0 Å². The number of fused-ring (bicyclic) bond motifs is 5. The fraction of sp³-hybridized carbons (Fsp3) is 0.320. The van der Waals surface area contributed by atoms with Crippen LogP contribution in [-0.4, -0.2) is 25.1 Å². The zero-order valence-corrected chi connectivity index (χ0v) is 19.3. The van der Waals surface area contributed by atoms with Crippen molar-refractivity contribution in [2.24, 2.45) is 5.41 Å². The van der Waals surface area contributed by atoms with Gasteiger partial charge in [-0.05, 0) is 47.9 Å². The van der Waals surface area contributed by atoms with Crippen LogP contribution in [0.4, 0.5) is 8.78 Å². The molecule has 0 spiro atoms. The minimum Gasteiger partial charge on any atom is -0.443 e. The van der Waals surface area contributed by atoms with Gasteiger partial charge in [0, 0.05) is 6.20 Å². The molecule has 4 aromatic rings. The first kappa shape index (κ1) is 21.3. The minimum absolute atomic E-state index is 0.140. The molecule has 1 aromatic carbocycles. The summed E-state index contributed by atoms with van der Waals surface area (Å²) >= 11 is 5.86. The molecule has 0 aliphatic heterocycles. The Balaban J connectivity index is 1.51. The summed E-state index contributed by atoms with van der Waals surface area (Å²) in [6, 6.07) is 5.58. The van der Waals surface area contributed by atoms with Crippen molar-refractivity contribution in [2.45, 2.75) is 43.9 Å². The topological polar surface area (TPSA) is 77.6 Å². The fourth-order valence-electron chi connectivity index (χ4n) is 5.92. The molecule has 0 N–H and O–H groups in total. The fourth-order valence-corrected chi connectivity index (χ4v) is 6.04. The lowest BCUT2D eigenvalue weighted by atomic mass is 9.66. The Kier molecular flexibility index (Phi) is 4.61. The van der Waals surface area contributed by atoms with Gasteiger partial charge in [0.15, 0.2) is 0 Å². The molecule has 6 rings (SSSR count). The molecule has 2 aliphatic carbocycles. The molecule has 1 saturated carbocycles. The van der Waals surface area contributed by atoms with Crippen molar-refractivity contribution in [3.8, 4) is 22.8 Å². The van der Waals surface area contributed by atoms with E-state index < -0.39 is 17.0 Å². The van der Waals surface area contributed by atoms with Crippen molar-refractivity contribution >= 4 is 11.6 Å². The lowest BCUT2D eigenvalue weighted by Crippen LogP contribution is -2.38. The van der Waals surface area contributed by atoms with Crippen LogP contribution in [0.1, 0.15) is 55.3 Å². The molecule has 34 heavy (non-hydrogen) atoms. The first-order chi connectivity index (χ1) is 16.4. The number of rotatable bonds is 4. The number of hydrogen-bond donors (Lipinski definition) is 0. The number of aromatic nitrogens is 5. The Morgan fingerprint density at radius 2 is 1.88 bits per heavy atom. The van der Waals surface area contributed by atoms with Crippen LogP contribution in [-0.2, 0) is 11.3 Å². The van der Waals surface area contributed by atoms with Crippen LogP contribution in [0.2, 0.25) is 0 Å². The molecular weight excluding hydrogens is 460 g/mol. The molecule has 3 heterocycles. The first-order valence-electron chi connectivity index (χ1n) is 11.0. The summed E-state index contributed by atoms with van der Waals surface area (Å²) in [5.41, 5.74) is 2.85. The summed E-state index contributed by atoms with van der Waals surface area (Å²) in [5, 5.41) is 8.83. The highest BCUT2D eigenvalue weighted by Crippen LogP contribution is 2.69. The van der Waals surface area contributed by atoms with E-state index in [1.807, 2.05) is 0 Å². The minimum atomic E-state index is -0.660. The van der Waals surface area contributed by atoms with Crippen LogP contribution in [0.5, 0.6) is 0 Å². The molecule has 0 radical (unpaired) electrons. The van der Waals surface area contributed by atoms with Gasteiger partial charge in [-0.2, -0.15) is 5.10 Å². The molecule has 3 aromatic heterocycles. The van der Waals surface area contributed by atoms with Gasteiger partial charge in [-0.15, -0.1) is 16.7 Å². The maximum atomic E-state index is 14.5. The number of oxazole rings is 1. The quantitative estimate of drug-likeness (QED) is 0.344. The molecule has 9 heteroatoms. The largest absolute Gasteiger partial charge is 0.443 e. The number of benzene rings is 1. The molecule has 0 unspecified atom stereocenters. The molecule has 2 aliphatic rings. The lowest BCUT2D eigenvalue weighted by molar-refractivity contribution is 0.242. The number of hydrogen-bond acceptors (Lipinski definition) is 6. The van der Waals surface area contributed by atoms with Crippen molar-refractivity contribution in [1.82, 2.24) is 25.1 Å². The van der Waals surface area contributed by atoms with E-state index in [1.165, 1.54) is 24.5 Å². The summed E-state index contributed by atoms with van der Waals surface area (Å²) in [6.45, 7) is 4.36. The molecule has 2 bridgehead atoms. The average molecular weight is 480 g/mol. The van der Waals surface area contributed by atoms with Crippen LogP contribution >= 0.6 is 11.6 Å². The Bertz CT molecular complexity index is 1420. The van der Waals surface area contributed by atoms with Crippen molar-refractivity contribution in [3.05, 3.63) is 77.2 Å². The molecule has 0 amide bonds. The third kappa shape index (κ3) is 2.75. The van der Waals surface area contributed by atoms with Crippen molar-refractivity contribution < 1.29 is 13.2 Å². The van der Waals surface area contributed by atoms with Gasteiger partial charge >= 0.3 is 0 Å². The molecular formula is C25H20ClF2N5O. The summed E-state index contributed by atoms with van der Waals surface area (Å²) in [7, 11) is 0. The first-order valence-corrected chi connectivity index (χ1v) is 11.6. The van der Waals surface area contributed by atoms with Gasteiger partial charge in [-0.1, -0.05) is 19.9 Å². The van der Waals surface area contributed by atoms with Gasteiger partial charge in [0.1, 0.15) is 23.6 Å². The van der Waals surface area contributed by atoms with Gasteiger partial charge in [0.2, 0.25) is 5.89 Å². The zero-order chi connectivity index (χ0) is 23.7. The second-order valence-electron chi connectivity index (χ2n) is 9.42. The highest BCUT2D eigenvalue weighted by molar-refractivity contribution is 6.16. The smallest absolute Gasteiger partial charge is 0.246 e. The number of halogens is 3. The maximum absolute atomic E-state index is 14.5. The van der Waals surface area contributed by atoms with Gasteiger partial charge < -0.3 is 4.42 Å². The lowest BCUT2D eigenvalue weighted by Gasteiger charge is -2.37. The highest BCUT2D eigenvalue weighted by atomic mass is 35.5. The van der Waals surface area contributed by atoms with E-state index in [0.717, 1.165) is 29.8 Å². The highest BCUT2D eigenvalue weighted by Gasteiger charge is 2.65. The van der Waals surface area contributed by atoms with Crippen molar-refractivity contribution in [2.75, 3.05) is 0 Å². The summed E-state index contributed by atoms with van der Waals surface area (Å²) in [4.78, 5) is 13.7. The van der Waals surface area contributed by atoms with Crippen LogP contribution in [0.15, 0.2) is 47.3 Å². The SMILES string of the molecule is CC1(C)[C@H]2CC[C@@]1(c1cncc(-c3nc(CCl)co3)n1)c1nnc(-c3c(F)cccc3F)cc12. The van der Waals surface area contributed by atoms with E-state index in [4.69, 9.17) is 21.0 Å². The predicted octanol–water partition coefficient (Wildman–Crippen LogP) is 5.81. The van der Waals surface area contributed by atoms with Crippen LogP contribution in [0, 0.1) is 17.0 Å². The molecule has 6 nitrogen and oxygen atoms in total. The molecule has 2 atom stereocenters. The van der Waals surface area contributed by atoms with Gasteiger partial charge in [0.05, 0.1) is 45.8 Å². The number of nitrogens with zero attached hydrogens (tertiary/aromatic N) is 5. The Hall–Kier alpha value is -3.26. The maximum Gasteiger partial charge on any atom is 0.246 e. The second kappa shape index (κ2) is 7.37.